The standard InChI is InChI=1S/C24H28ClN7O2/c25-23-29-22(15-1-2-15)30-24(31-23)28-16-3-5-18(6-4-16)34-20-14-17(32-9-11-33-12-10-32)13-19-21(20)27-8-7-26-19/h7-8,13-16,18H,1-6,9-12H2,(H,28,29,30,31). The Morgan fingerprint density at radius 3 is 2.53 bits per heavy atom. The zero-order valence-corrected chi connectivity index (χ0v) is 19.7. The van der Waals surface area contributed by atoms with Crippen molar-refractivity contribution < 1.29 is 9.47 Å². The molecule has 6 rings (SSSR count). The largest absolute Gasteiger partial charge is 0.488 e. The minimum atomic E-state index is 0.132. The van der Waals surface area contributed by atoms with E-state index in [0.29, 0.717) is 17.9 Å². The first-order chi connectivity index (χ1) is 16.7. The van der Waals surface area contributed by atoms with E-state index < -0.39 is 0 Å². The summed E-state index contributed by atoms with van der Waals surface area (Å²) in [6, 6.07) is 4.50. The minimum Gasteiger partial charge on any atom is -0.488 e. The number of aromatic nitrogens is 5. The summed E-state index contributed by atoms with van der Waals surface area (Å²) >= 11 is 6.13. The lowest BCUT2D eigenvalue weighted by atomic mass is 9.93. The van der Waals surface area contributed by atoms with E-state index in [2.05, 4.69) is 47.3 Å². The van der Waals surface area contributed by atoms with Gasteiger partial charge in [-0.2, -0.15) is 9.97 Å². The number of ether oxygens (including phenoxy) is 2. The highest BCUT2D eigenvalue weighted by Gasteiger charge is 2.29. The number of rotatable bonds is 6. The molecule has 1 aromatic carbocycles. The number of anilines is 2. The summed E-state index contributed by atoms with van der Waals surface area (Å²) < 4.78 is 12.0. The van der Waals surface area contributed by atoms with Crippen molar-refractivity contribution in [3.8, 4) is 5.75 Å². The smallest absolute Gasteiger partial charge is 0.227 e. The molecule has 178 valence electrons. The van der Waals surface area contributed by atoms with Crippen molar-refractivity contribution in [2.24, 2.45) is 0 Å². The third-order valence-electron chi connectivity index (χ3n) is 6.77. The van der Waals surface area contributed by atoms with Crippen molar-refractivity contribution in [2.45, 2.75) is 56.6 Å². The van der Waals surface area contributed by atoms with Gasteiger partial charge < -0.3 is 19.7 Å². The summed E-state index contributed by atoms with van der Waals surface area (Å²) in [5, 5.41) is 3.74. The number of halogens is 1. The SMILES string of the molecule is Clc1nc(NC2CCC(Oc3cc(N4CCOCC4)cc4nccnc34)CC2)nc(C2CC2)n1. The molecule has 3 heterocycles. The van der Waals surface area contributed by atoms with Gasteiger partial charge in [-0.05, 0) is 56.2 Å². The van der Waals surface area contributed by atoms with Crippen LogP contribution in [0, 0.1) is 0 Å². The van der Waals surface area contributed by atoms with Gasteiger partial charge in [0.25, 0.3) is 0 Å². The first kappa shape index (κ1) is 21.7. The summed E-state index contributed by atoms with van der Waals surface area (Å²) in [4.78, 5) is 24.6. The third-order valence-corrected chi connectivity index (χ3v) is 6.94. The zero-order chi connectivity index (χ0) is 22.9. The van der Waals surface area contributed by atoms with Gasteiger partial charge in [0.2, 0.25) is 11.2 Å². The fraction of sp³-hybridized carbons (Fsp3) is 0.542. The van der Waals surface area contributed by atoms with Crippen LogP contribution in [0.2, 0.25) is 5.28 Å². The van der Waals surface area contributed by atoms with Gasteiger partial charge in [-0.25, -0.2) is 9.97 Å². The lowest BCUT2D eigenvalue weighted by molar-refractivity contribution is 0.122. The van der Waals surface area contributed by atoms with E-state index in [1.807, 2.05) is 0 Å². The fourth-order valence-corrected chi connectivity index (χ4v) is 4.93. The molecule has 1 saturated heterocycles. The predicted octanol–water partition coefficient (Wildman–Crippen LogP) is 3.98. The maximum Gasteiger partial charge on any atom is 0.227 e. The van der Waals surface area contributed by atoms with Gasteiger partial charge in [-0.15, -0.1) is 0 Å². The minimum absolute atomic E-state index is 0.132. The Hall–Kier alpha value is -2.78. The van der Waals surface area contributed by atoms with Gasteiger partial charge in [0.05, 0.1) is 24.8 Å². The molecule has 0 amide bonds. The molecule has 3 aliphatic rings. The molecule has 2 aromatic heterocycles. The molecule has 0 atom stereocenters. The number of morpholine rings is 1. The Morgan fingerprint density at radius 1 is 0.941 bits per heavy atom. The predicted molar refractivity (Wildman–Crippen MR) is 130 cm³/mol. The average molecular weight is 482 g/mol. The normalized spacial score (nSPS) is 23.1. The van der Waals surface area contributed by atoms with Crippen LogP contribution in [-0.4, -0.2) is 63.4 Å². The molecule has 0 unspecified atom stereocenters. The summed E-state index contributed by atoms with van der Waals surface area (Å²) in [6.45, 7) is 3.21. The van der Waals surface area contributed by atoms with Crippen molar-refractivity contribution in [1.82, 2.24) is 24.9 Å². The van der Waals surface area contributed by atoms with Crippen LogP contribution in [0.5, 0.6) is 5.75 Å². The lowest BCUT2D eigenvalue weighted by Crippen LogP contribution is -2.36. The zero-order valence-electron chi connectivity index (χ0n) is 19.0. The van der Waals surface area contributed by atoms with Crippen molar-refractivity contribution >= 4 is 34.3 Å². The molecule has 2 aliphatic carbocycles. The Kier molecular flexibility index (Phi) is 6.05. The highest BCUT2D eigenvalue weighted by atomic mass is 35.5. The number of fused-ring (bicyclic) bond motifs is 1. The summed E-state index contributed by atoms with van der Waals surface area (Å²) in [7, 11) is 0. The molecule has 0 radical (unpaired) electrons. The molecule has 3 fully saturated rings. The van der Waals surface area contributed by atoms with Crippen LogP contribution >= 0.6 is 11.6 Å². The van der Waals surface area contributed by atoms with Gasteiger partial charge in [0.1, 0.15) is 17.1 Å². The van der Waals surface area contributed by atoms with E-state index >= 15 is 0 Å². The summed E-state index contributed by atoms with van der Waals surface area (Å²) in [5.41, 5.74) is 2.78. The van der Waals surface area contributed by atoms with Crippen LogP contribution in [0.4, 0.5) is 11.6 Å². The third kappa shape index (κ3) is 4.86. The monoisotopic (exact) mass is 481 g/mol. The van der Waals surface area contributed by atoms with Gasteiger partial charge in [-0.1, -0.05) is 0 Å². The fourth-order valence-electron chi connectivity index (χ4n) is 4.76. The maximum atomic E-state index is 6.53. The van der Waals surface area contributed by atoms with E-state index in [9.17, 15) is 0 Å². The molecule has 0 bridgehead atoms. The van der Waals surface area contributed by atoms with Crippen molar-refractivity contribution in [1.29, 1.82) is 0 Å². The van der Waals surface area contributed by atoms with E-state index in [1.54, 1.807) is 12.4 Å². The van der Waals surface area contributed by atoms with E-state index in [0.717, 1.165) is 93.1 Å². The van der Waals surface area contributed by atoms with Crippen LogP contribution in [-0.2, 0) is 4.74 Å². The first-order valence-electron chi connectivity index (χ1n) is 12.1. The molecular formula is C24H28ClN7O2. The van der Waals surface area contributed by atoms with E-state index in [1.165, 1.54) is 0 Å². The summed E-state index contributed by atoms with van der Waals surface area (Å²) in [6.07, 6.45) is 9.67. The molecule has 3 aromatic rings. The molecule has 34 heavy (non-hydrogen) atoms. The average Bonchev–Trinajstić information content (AvgIpc) is 3.71. The van der Waals surface area contributed by atoms with Gasteiger partial charge in [0.15, 0.2) is 0 Å². The van der Waals surface area contributed by atoms with Crippen LogP contribution in [0.15, 0.2) is 24.5 Å². The van der Waals surface area contributed by atoms with Crippen LogP contribution in [0.1, 0.15) is 50.3 Å². The van der Waals surface area contributed by atoms with Crippen molar-refractivity contribution in [3.05, 3.63) is 35.6 Å². The topological polar surface area (TPSA) is 98.2 Å². The second-order valence-corrected chi connectivity index (χ2v) is 9.60. The van der Waals surface area contributed by atoms with Gasteiger partial charge in [0, 0.05) is 49.2 Å². The highest BCUT2D eigenvalue weighted by Crippen LogP contribution is 2.38. The molecule has 1 aliphatic heterocycles. The Balaban J connectivity index is 1.13. The Morgan fingerprint density at radius 2 is 1.74 bits per heavy atom. The van der Waals surface area contributed by atoms with Crippen LogP contribution in [0.25, 0.3) is 11.0 Å². The molecule has 0 spiro atoms. The Labute approximate surface area is 203 Å². The molecule has 1 N–H and O–H groups in total. The Bertz CT molecular complexity index is 1160. The first-order valence-corrected chi connectivity index (χ1v) is 12.5. The quantitative estimate of drug-likeness (QED) is 0.560. The lowest BCUT2D eigenvalue weighted by Gasteiger charge is -2.31. The summed E-state index contributed by atoms with van der Waals surface area (Å²) in [5.74, 6) is 2.65. The van der Waals surface area contributed by atoms with Crippen LogP contribution in [0.3, 0.4) is 0 Å². The number of nitrogens with zero attached hydrogens (tertiary/aromatic N) is 6. The molecule has 2 saturated carbocycles. The molecule has 9 nitrogen and oxygen atoms in total. The number of benzene rings is 1. The van der Waals surface area contributed by atoms with E-state index in [-0.39, 0.29) is 11.4 Å². The molecular weight excluding hydrogens is 454 g/mol. The van der Waals surface area contributed by atoms with Crippen molar-refractivity contribution in [2.75, 3.05) is 36.5 Å². The van der Waals surface area contributed by atoms with Gasteiger partial charge in [-0.3, -0.25) is 4.98 Å². The van der Waals surface area contributed by atoms with Crippen LogP contribution < -0.4 is 15.0 Å². The molecule has 10 heteroatoms. The maximum absolute atomic E-state index is 6.53. The van der Waals surface area contributed by atoms with Crippen molar-refractivity contribution in [3.63, 3.8) is 0 Å². The van der Waals surface area contributed by atoms with Gasteiger partial charge >= 0.3 is 0 Å². The second-order valence-electron chi connectivity index (χ2n) is 9.26. The second kappa shape index (κ2) is 9.46. The highest BCUT2D eigenvalue weighted by molar-refractivity contribution is 6.28. The number of hydrogen-bond donors (Lipinski definition) is 1. The number of hydrogen-bond acceptors (Lipinski definition) is 9. The van der Waals surface area contributed by atoms with E-state index in [4.69, 9.17) is 21.1 Å². The number of nitrogens with one attached hydrogen (secondary N) is 1.